The molecule has 5 heteroatoms. The molecule has 1 atom stereocenters. The van der Waals surface area contributed by atoms with Crippen LogP contribution in [-0.2, 0) is 30.8 Å². The third-order valence-electron chi connectivity index (χ3n) is 4.96. The summed E-state index contributed by atoms with van der Waals surface area (Å²) in [5, 5.41) is 4.26. The summed E-state index contributed by atoms with van der Waals surface area (Å²) in [6.07, 6.45) is 4.42. The van der Waals surface area contributed by atoms with Gasteiger partial charge in [-0.05, 0) is 34.7 Å². The second-order valence-electron chi connectivity index (χ2n) is 6.82. The fraction of sp³-hybridized carbons (Fsp3) is 0.238. The molecule has 1 aliphatic heterocycles. The Morgan fingerprint density at radius 1 is 1.04 bits per heavy atom. The van der Waals surface area contributed by atoms with Gasteiger partial charge in [0, 0.05) is 25.5 Å². The molecule has 2 aromatic carbocycles. The zero-order chi connectivity index (χ0) is 17.9. The van der Waals surface area contributed by atoms with Gasteiger partial charge < -0.3 is 5.73 Å². The van der Waals surface area contributed by atoms with Crippen molar-refractivity contribution in [1.82, 2.24) is 14.7 Å². The van der Waals surface area contributed by atoms with Crippen LogP contribution >= 0.6 is 0 Å². The molecule has 0 spiro atoms. The predicted molar refractivity (Wildman–Crippen MR) is 100 cm³/mol. The first-order chi connectivity index (χ1) is 12.7. The Balaban J connectivity index is 1.54. The number of carbonyl (C=O) groups is 1. The molecule has 0 bridgehead atoms. The molecule has 0 radical (unpaired) electrons. The van der Waals surface area contributed by atoms with E-state index in [1.54, 1.807) is 6.20 Å². The number of rotatable bonds is 5. The number of amides is 1. The maximum absolute atomic E-state index is 12.0. The Morgan fingerprint density at radius 3 is 2.54 bits per heavy atom. The second-order valence-corrected chi connectivity index (χ2v) is 6.82. The van der Waals surface area contributed by atoms with Gasteiger partial charge in [-0.25, -0.2) is 0 Å². The molecule has 3 aromatic rings. The molecule has 0 saturated carbocycles. The minimum atomic E-state index is -0.264. The van der Waals surface area contributed by atoms with Crippen LogP contribution in [-0.4, -0.2) is 26.6 Å². The molecule has 5 nitrogen and oxygen atoms in total. The van der Waals surface area contributed by atoms with Gasteiger partial charge in [0.2, 0.25) is 5.91 Å². The van der Waals surface area contributed by atoms with Crippen molar-refractivity contribution in [2.24, 2.45) is 5.73 Å². The highest BCUT2D eigenvalue weighted by atomic mass is 16.1. The highest BCUT2D eigenvalue weighted by Crippen LogP contribution is 2.25. The summed E-state index contributed by atoms with van der Waals surface area (Å²) in [4.78, 5) is 14.2. The number of nitrogens with two attached hydrogens (primary N) is 1. The topological polar surface area (TPSA) is 64.2 Å². The van der Waals surface area contributed by atoms with E-state index in [1.165, 1.54) is 22.3 Å². The van der Waals surface area contributed by atoms with Gasteiger partial charge in [-0.1, -0.05) is 48.5 Å². The molecule has 1 amide bonds. The van der Waals surface area contributed by atoms with E-state index >= 15 is 0 Å². The van der Waals surface area contributed by atoms with E-state index in [2.05, 4.69) is 46.4 Å². The summed E-state index contributed by atoms with van der Waals surface area (Å²) in [7, 11) is 0. The molecular weight excluding hydrogens is 324 g/mol. The smallest absolute Gasteiger partial charge is 0.235 e. The van der Waals surface area contributed by atoms with Gasteiger partial charge in [0.05, 0.1) is 12.6 Å². The van der Waals surface area contributed by atoms with Crippen LogP contribution < -0.4 is 5.73 Å². The fourth-order valence-corrected chi connectivity index (χ4v) is 3.67. The average molecular weight is 346 g/mol. The quantitative estimate of drug-likeness (QED) is 0.771. The molecule has 0 saturated heterocycles. The number of nitrogens with zero attached hydrogens (tertiary/aromatic N) is 3. The first kappa shape index (κ1) is 16.5. The van der Waals surface area contributed by atoms with Crippen molar-refractivity contribution in [3.05, 3.63) is 89.2 Å². The average Bonchev–Trinajstić information content (AvgIpc) is 3.14. The van der Waals surface area contributed by atoms with Crippen LogP contribution in [0.1, 0.15) is 22.3 Å². The van der Waals surface area contributed by atoms with Crippen LogP contribution in [0.25, 0.3) is 0 Å². The Hall–Kier alpha value is -2.92. The zero-order valence-corrected chi connectivity index (χ0v) is 14.6. The van der Waals surface area contributed by atoms with Gasteiger partial charge in [0.15, 0.2) is 0 Å². The largest absolute Gasteiger partial charge is 0.368 e. The second kappa shape index (κ2) is 7.14. The number of aromatic nitrogens is 2. The minimum absolute atomic E-state index is 0.257. The Kier molecular flexibility index (Phi) is 4.54. The maximum Gasteiger partial charge on any atom is 0.235 e. The van der Waals surface area contributed by atoms with Gasteiger partial charge in [-0.3, -0.25) is 14.4 Å². The van der Waals surface area contributed by atoms with Crippen molar-refractivity contribution in [3.63, 3.8) is 0 Å². The lowest BCUT2D eigenvalue weighted by molar-refractivity contribution is -0.124. The number of benzene rings is 2. The lowest BCUT2D eigenvalue weighted by Crippen LogP contribution is -2.48. The van der Waals surface area contributed by atoms with E-state index in [9.17, 15) is 4.79 Å². The number of fused-ring (bicyclic) bond motifs is 1. The van der Waals surface area contributed by atoms with Gasteiger partial charge in [-0.2, -0.15) is 5.10 Å². The summed E-state index contributed by atoms with van der Waals surface area (Å²) in [5.74, 6) is -0.257. The van der Waals surface area contributed by atoms with E-state index in [1.807, 2.05) is 29.1 Å². The van der Waals surface area contributed by atoms with Crippen LogP contribution in [0.3, 0.4) is 0 Å². The third kappa shape index (κ3) is 3.53. The van der Waals surface area contributed by atoms with E-state index in [4.69, 9.17) is 5.73 Å². The number of carbonyl (C=O) groups excluding carboxylic acids is 1. The summed E-state index contributed by atoms with van der Waals surface area (Å²) < 4.78 is 1.91. The van der Waals surface area contributed by atoms with E-state index in [0.717, 1.165) is 13.1 Å². The van der Waals surface area contributed by atoms with E-state index < -0.39 is 0 Å². The molecule has 0 aliphatic carbocycles. The fourth-order valence-electron chi connectivity index (χ4n) is 3.67. The molecule has 0 fully saturated rings. The SMILES string of the molecule is NC(=O)[C@@H]1Cc2ccccc2CN1Cc1cccc(Cn2cccn2)c1. The number of primary amides is 1. The van der Waals surface area contributed by atoms with Crippen LogP contribution in [0.4, 0.5) is 0 Å². The van der Waals surface area contributed by atoms with Gasteiger partial charge in [0.1, 0.15) is 0 Å². The number of hydrogen-bond donors (Lipinski definition) is 1. The first-order valence-corrected chi connectivity index (χ1v) is 8.84. The van der Waals surface area contributed by atoms with Gasteiger partial charge in [0.25, 0.3) is 0 Å². The normalized spacial score (nSPS) is 17.0. The lowest BCUT2D eigenvalue weighted by Gasteiger charge is -2.35. The Labute approximate surface area is 153 Å². The molecule has 2 heterocycles. The van der Waals surface area contributed by atoms with E-state index in [0.29, 0.717) is 13.0 Å². The Morgan fingerprint density at radius 2 is 1.81 bits per heavy atom. The molecule has 4 rings (SSSR count). The van der Waals surface area contributed by atoms with Crippen LogP contribution in [0.2, 0.25) is 0 Å². The molecule has 2 N–H and O–H groups in total. The Bertz CT molecular complexity index is 904. The lowest BCUT2D eigenvalue weighted by atomic mass is 9.93. The summed E-state index contributed by atoms with van der Waals surface area (Å²) in [5.41, 5.74) is 10.6. The molecule has 1 aromatic heterocycles. The predicted octanol–water partition coefficient (Wildman–Crippen LogP) is 2.34. The van der Waals surface area contributed by atoms with E-state index in [-0.39, 0.29) is 11.9 Å². The van der Waals surface area contributed by atoms with Crippen LogP contribution in [0, 0.1) is 0 Å². The molecule has 132 valence electrons. The van der Waals surface area contributed by atoms with Gasteiger partial charge in [-0.15, -0.1) is 0 Å². The molecular formula is C21H22N4O. The van der Waals surface area contributed by atoms with Crippen molar-refractivity contribution in [2.75, 3.05) is 0 Å². The zero-order valence-electron chi connectivity index (χ0n) is 14.6. The first-order valence-electron chi connectivity index (χ1n) is 8.84. The van der Waals surface area contributed by atoms with Crippen molar-refractivity contribution < 1.29 is 4.79 Å². The molecule has 26 heavy (non-hydrogen) atoms. The number of hydrogen-bond acceptors (Lipinski definition) is 3. The van der Waals surface area contributed by atoms with Crippen LogP contribution in [0.5, 0.6) is 0 Å². The molecule has 0 unspecified atom stereocenters. The summed E-state index contributed by atoms with van der Waals surface area (Å²) >= 11 is 0. The molecule has 1 aliphatic rings. The summed E-state index contributed by atoms with van der Waals surface area (Å²) in [6, 6.07) is 18.4. The van der Waals surface area contributed by atoms with Crippen molar-refractivity contribution in [3.8, 4) is 0 Å². The minimum Gasteiger partial charge on any atom is -0.368 e. The van der Waals surface area contributed by atoms with Crippen molar-refractivity contribution in [2.45, 2.75) is 32.1 Å². The highest BCUT2D eigenvalue weighted by Gasteiger charge is 2.29. The monoisotopic (exact) mass is 346 g/mol. The highest BCUT2D eigenvalue weighted by molar-refractivity contribution is 5.80. The van der Waals surface area contributed by atoms with Crippen molar-refractivity contribution in [1.29, 1.82) is 0 Å². The summed E-state index contributed by atoms with van der Waals surface area (Å²) in [6.45, 7) is 2.19. The standard InChI is InChI=1S/C21H22N4O/c22-21(26)20-12-18-7-1-2-8-19(18)15-24(20)13-16-5-3-6-17(11-16)14-25-10-4-9-23-25/h1-11,20H,12-15H2,(H2,22,26)/t20-/m0/s1. The van der Waals surface area contributed by atoms with Gasteiger partial charge >= 0.3 is 0 Å². The third-order valence-corrected chi connectivity index (χ3v) is 4.96. The van der Waals surface area contributed by atoms with Crippen LogP contribution in [0.15, 0.2) is 67.0 Å². The maximum atomic E-state index is 12.0. The van der Waals surface area contributed by atoms with Crippen molar-refractivity contribution >= 4 is 5.91 Å².